The van der Waals surface area contributed by atoms with Gasteiger partial charge >= 0.3 is 0 Å². The molecule has 3 rings (SSSR count). The highest BCUT2D eigenvalue weighted by Crippen LogP contribution is 2.26. The predicted molar refractivity (Wildman–Crippen MR) is 117 cm³/mol. The van der Waals surface area contributed by atoms with E-state index in [9.17, 15) is 13.2 Å². The maximum atomic E-state index is 13.1. The number of carbonyl (C=O) groups is 1. The lowest BCUT2D eigenvalue weighted by atomic mass is 9.90. The summed E-state index contributed by atoms with van der Waals surface area (Å²) < 4.78 is 26.2. The Hall–Kier alpha value is -2.34. The Morgan fingerprint density at radius 3 is 2.34 bits per heavy atom. The first-order chi connectivity index (χ1) is 13.8. The average Bonchev–Trinajstić information content (AvgIpc) is 2.68. The van der Waals surface area contributed by atoms with Crippen molar-refractivity contribution in [1.82, 2.24) is 4.90 Å². The molecule has 1 atom stereocenters. The molecule has 1 aliphatic heterocycles. The van der Waals surface area contributed by atoms with Gasteiger partial charge in [-0.3, -0.25) is 9.10 Å². The molecule has 0 saturated carbocycles. The SMILES string of the molecule is Cc1cccc(N([C@H](C)C(=O)N2CCC(Cc3ccccc3)CC2)S(C)(=O)=O)c1. The van der Waals surface area contributed by atoms with Crippen LogP contribution < -0.4 is 4.31 Å². The van der Waals surface area contributed by atoms with Crippen molar-refractivity contribution in [3.8, 4) is 0 Å². The predicted octanol–water partition coefficient (Wildman–Crippen LogP) is 3.63. The number of rotatable bonds is 6. The summed E-state index contributed by atoms with van der Waals surface area (Å²) in [5.74, 6) is 0.426. The zero-order chi connectivity index (χ0) is 21.0. The van der Waals surface area contributed by atoms with E-state index in [4.69, 9.17) is 0 Å². The quantitative estimate of drug-likeness (QED) is 0.725. The topological polar surface area (TPSA) is 57.7 Å². The largest absolute Gasteiger partial charge is 0.341 e. The highest BCUT2D eigenvalue weighted by molar-refractivity contribution is 7.92. The lowest BCUT2D eigenvalue weighted by molar-refractivity contribution is -0.133. The normalized spacial score (nSPS) is 16.4. The molecule has 0 bridgehead atoms. The number of sulfonamides is 1. The van der Waals surface area contributed by atoms with Gasteiger partial charge in [0.05, 0.1) is 11.9 Å². The van der Waals surface area contributed by atoms with Gasteiger partial charge in [-0.15, -0.1) is 0 Å². The fraction of sp³-hybridized carbons (Fsp3) is 0.435. The van der Waals surface area contributed by atoms with Crippen molar-refractivity contribution in [3.63, 3.8) is 0 Å². The smallest absolute Gasteiger partial charge is 0.246 e. The van der Waals surface area contributed by atoms with E-state index in [-0.39, 0.29) is 5.91 Å². The minimum Gasteiger partial charge on any atom is -0.341 e. The number of amides is 1. The maximum Gasteiger partial charge on any atom is 0.246 e. The van der Waals surface area contributed by atoms with E-state index in [1.54, 1.807) is 19.1 Å². The van der Waals surface area contributed by atoms with Crippen molar-refractivity contribution >= 4 is 21.6 Å². The fourth-order valence-corrected chi connectivity index (χ4v) is 5.30. The second-order valence-electron chi connectivity index (χ2n) is 8.03. The number of hydrogen-bond acceptors (Lipinski definition) is 3. The minimum atomic E-state index is -3.58. The number of likely N-dealkylation sites (tertiary alicyclic amines) is 1. The summed E-state index contributed by atoms with van der Waals surface area (Å²) in [6.07, 6.45) is 4.07. The van der Waals surface area contributed by atoms with Crippen LogP contribution in [0.1, 0.15) is 30.9 Å². The molecule has 0 spiro atoms. The van der Waals surface area contributed by atoms with Gasteiger partial charge in [0.25, 0.3) is 0 Å². The molecule has 0 aromatic heterocycles. The molecule has 1 amide bonds. The number of carbonyl (C=O) groups excluding carboxylic acids is 1. The van der Waals surface area contributed by atoms with Crippen LogP contribution in [0.5, 0.6) is 0 Å². The van der Waals surface area contributed by atoms with Gasteiger partial charge in [-0.25, -0.2) is 8.42 Å². The van der Waals surface area contributed by atoms with E-state index >= 15 is 0 Å². The molecule has 2 aromatic carbocycles. The summed E-state index contributed by atoms with van der Waals surface area (Å²) in [5, 5.41) is 0. The van der Waals surface area contributed by atoms with E-state index in [0.29, 0.717) is 24.7 Å². The Morgan fingerprint density at radius 1 is 1.10 bits per heavy atom. The number of aryl methyl sites for hydroxylation is 1. The molecule has 1 saturated heterocycles. The van der Waals surface area contributed by atoms with Crippen molar-refractivity contribution in [2.75, 3.05) is 23.7 Å². The number of anilines is 1. The molecule has 0 unspecified atom stereocenters. The fourth-order valence-electron chi connectivity index (χ4n) is 4.14. The lowest BCUT2D eigenvalue weighted by Crippen LogP contribution is -2.51. The second kappa shape index (κ2) is 8.99. The zero-order valence-electron chi connectivity index (χ0n) is 17.4. The van der Waals surface area contributed by atoms with Crippen LogP contribution in [-0.2, 0) is 21.2 Å². The minimum absolute atomic E-state index is 0.130. The average molecular weight is 415 g/mol. The van der Waals surface area contributed by atoms with Crippen LogP contribution in [0, 0.1) is 12.8 Å². The van der Waals surface area contributed by atoms with Crippen LogP contribution in [0.15, 0.2) is 54.6 Å². The highest BCUT2D eigenvalue weighted by Gasteiger charge is 2.33. The molecule has 0 radical (unpaired) electrons. The summed E-state index contributed by atoms with van der Waals surface area (Å²) in [5.41, 5.74) is 2.82. The lowest BCUT2D eigenvalue weighted by Gasteiger charge is -2.36. The first kappa shape index (κ1) is 21.4. The number of hydrogen-bond donors (Lipinski definition) is 0. The first-order valence-corrected chi connectivity index (χ1v) is 12.0. The van der Waals surface area contributed by atoms with Crippen molar-refractivity contribution in [3.05, 3.63) is 65.7 Å². The molecule has 2 aromatic rings. The Balaban J connectivity index is 1.67. The summed E-state index contributed by atoms with van der Waals surface area (Å²) in [6.45, 7) is 4.94. The Morgan fingerprint density at radius 2 is 1.76 bits per heavy atom. The van der Waals surface area contributed by atoms with E-state index in [2.05, 4.69) is 24.3 Å². The second-order valence-corrected chi connectivity index (χ2v) is 9.89. The maximum absolute atomic E-state index is 13.1. The van der Waals surface area contributed by atoms with Crippen LogP contribution in [-0.4, -0.2) is 44.6 Å². The van der Waals surface area contributed by atoms with Gasteiger partial charge in [0, 0.05) is 13.1 Å². The number of piperidine rings is 1. The molecule has 1 fully saturated rings. The monoisotopic (exact) mass is 414 g/mol. The third kappa shape index (κ3) is 5.38. The van der Waals surface area contributed by atoms with Crippen LogP contribution in [0.3, 0.4) is 0 Å². The summed E-state index contributed by atoms with van der Waals surface area (Å²) in [4.78, 5) is 14.9. The van der Waals surface area contributed by atoms with Crippen LogP contribution in [0.2, 0.25) is 0 Å². The molecule has 5 nitrogen and oxygen atoms in total. The van der Waals surface area contributed by atoms with E-state index in [1.807, 2.05) is 30.0 Å². The summed E-state index contributed by atoms with van der Waals surface area (Å²) >= 11 is 0. The van der Waals surface area contributed by atoms with Gasteiger partial charge in [0.15, 0.2) is 0 Å². The molecular weight excluding hydrogens is 384 g/mol. The molecule has 29 heavy (non-hydrogen) atoms. The van der Waals surface area contributed by atoms with E-state index < -0.39 is 16.1 Å². The third-order valence-corrected chi connectivity index (χ3v) is 6.86. The molecule has 1 aliphatic rings. The Kier molecular flexibility index (Phi) is 6.63. The molecule has 1 heterocycles. The Labute approximate surface area is 174 Å². The van der Waals surface area contributed by atoms with E-state index in [1.165, 1.54) is 9.87 Å². The number of nitrogens with zero attached hydrogens (tertiary/aromatic N) is 2. The first-order valence-electron chi connectivity index (χ1n) is 10.1. The third-order valence-electron chi connectivity index (χ3n) is 5.62. The molecule has 156 valence electrons. The van der Waals surface area contributed by atoms with Gasteiger partial charge in [0.2, 0.25) is 15.9 Å². The Bertz CT molecular complexity index is 936. The molecule has 6 heteroatoms. The molecule has 0 aliphatic carbocycles. The highest BCUT2D eigenvalue weighted by atomic mass is 32.2. The van der Waals surface area contributed by atoms with Crippen molar-refractivity contribution in [1.29, 1.82) is 0 Å². The summed E-state index contributed by atoms with van der Waals surface area (Å²) in [7, 11) is -3.58. The van der Waals surface area contributed by atoms with E-state index in [0.717, 1.165) is 31.1 Å². The van der Waals surface area contributed by atoms with Gasteiger partial charge in [-0.05, 0) is 62.3 Å². The van der Waals surface area contributed by atoms with Crippen LogP contribution in [0.4, 0.5) is 5.69 Å². The molecular formula is C23H30N2O3S. The van der Waals surface area contributed by atoms with Gasteiger partial charge < -0.3 is 4.90 Å². The van der Waals surface area contributed by atoms with Crippen LogP contribution >= 0.6 is 0 Å². The van der Waals surface area contributed by atoms with Gasteiger partial charge in [-0.1, -0.05) is 42.5 Å². The van der Waals surface area contributed by atoms with Gasteiger partial charge in [0.1, 0.15) is 6.04 Å². The van der Waals surface area contributed by atoms with Crippen molar-refractivity contribution in [2.45, 2.75) is 39.2 Å². The van der Waals surface area contributed by atoms with Crippen molar-refractivity contribution in [2.24, 2.45) is 5.92 Å². The zero-order valence-corrected chi connectivity index (χ0v) is 18.2. The van der Waals surface area contributed by atoms with Crippen molar-refractivity contribution < 1.29 is 13.2 Å². The standard InChI is InChI=1S/C23H30N2O3S/c1-18-8-7-11-22(16-18)25(29(3,27)28)19(2)23(26)24-14-12-21(13-15-24)17-20-9-5-4-6-10-20/h4-11,16,19,21H,12-15,17H2,1-3H3/t19-/m1/s1. The van der Waals surface area contributed by atoms with Crippen LogP contribution in [0.25, 0.3) is 0 Å². The molecule has 0 N–H and O–H groups in total. The number of benzene rings is 2. The van der Waals surface area contributed by atoms with Gasteiger partial charge in [-0.2, -0.15) is 0 Å². The summed E-state index contributed by atoms with van der Waals surface area (Å²) in [6, 6.07) is 16.9.